The highest BCUT2D eigenvalue weighted by molar-refractivity contribution is 5.83. The Hall–Kier alpha value is -1.98. The lowest BCUT2D eigenvalue weighted by Crippen LogP contribution is -2.47. The van der Waals surface area contributed by atoms with E-state index in [2.05, 4.69) is 0 Å². The number of amides is 2. The van der Waals surface area contributed by atoms with Gasteiger partial charge < -0.3 is 9.80 Å². The molecule has 0 aromatic heterocycles. The lowest BCUT2D eigenvalue weighted by molar-refractivity contribution is -0.145. The van der Waals surface area contributed by atoms with E-state index in [1.807, 2.05) is 25.7 Å². The predicted octanol–water partition coefficient (Wildman–Crippen LogP) is 3.74. The van der Waals surface area contributed by atoms with E-state index in [4.69, 9.17) is 0 Å². The molecule has 0 atom stereocenters. The molecule has 1 saturated heterocycles. The summed E-state index contributed by atoms with van der Waals surface area (Å²) < 4.78 is 27.2. The maximum atomic E-state index is 14.0. The van der Waals surface area contributed by atoms with E-state index < -0.39 is 17.0 Å². The molecule has 2 fully saturated rings. The minimum atomic E-state index is -0.614. The zero-order valence-corrected chi connectivity index (χ0v) is 16.3. The predicted molar refractivity (Wildman–Crippen MR) is 98.7 cm³/mol. The van der Waals surface area contributed by atoms with Crippen LogP contribution in [0.25, 0.3) is 0 Å². The van der Waals surface area contributed by atoms with Crippen molar-refractivity contribution in [3.63, 3.8) is 0 Å². The molecule has 0 N–H and O–H groups in total. The topological polar surface area (TPSA) is 40.6 Å². The van der Waals surface area contributed by atoms with Gasteiger partial charge in [0.1, 0.15) is 11.6 Å². The molecule has 0 spiro atoms. The van der Waals surface area contributed by atoms with Gasteiger partial charge in [-0.15, -0.1) is 0 Å². The van der Waals surface area contributed by atoms with Crippen LogP contribution in [0.2, 0.25) is 0 Å². The second-order valence-corrected chi connectivity index (χ2v) is 8.75. The quantitative estimate of drug-likeness (QED) is 0.801. The van der Waals surface area contributed by atoms with Gasteiger partial charge in [-0.2, -0.15) is 0 Å². The first-order valence-electron chi connectivity index (χ1n) is 9.70. The van der Waals surface area contributed by atoms with Crippen molar-refractivity contribution in [1.29, 1.82) is 0 Å². The van der Waals surface area contributed by atoms with Gasteiger partial charge in [0, 0.05) is 48.6 Å². The maximum Gasteiger partial charge on any atom is 0.227 e. The fourth-order valence-corrected chi connectivity index (χ4v) is 3.64. The van der Waals surface area contributed by atoms with Crippen LogP contribution in [0.4, 0.5) is 8.78 Å². The van der Waals surface area contributed by atoms with Gasteiger partial charge in [-0.25, -0.2) is 8.78 Å². The van der Waals surface area contributed by atoms with Crippen molar-refractivity contribution in [3.8, 4) is 0 Å². The van der Waals surface area contributed by atoms with Gasteiger partial charge >= 0.3 is 0 Å². The van der Waals surface area contributed by atoms with Gasteiger partial charge in [-0.3, -0.25) is 9.59 Å². The Morgan fingerprint density at radius 3 is 2.26 bits per heavy atom. The first kappa shape index (κ1) is 19.8. The Morgan fingerprint density at radius 1 is 1.11 bits per heavy atom. The number of rotatable bonds is 4. The molecule has 27 heavy (non-hydrogen) atoms. The Labute approximate surface area is 159 Å². The Kier molecular flexibility index (Phi) is 5.54. The minimum Gasteiger partial charge on any atom is -0.342 e. The molecule has 1 aliphatic heterocycles. The molecule has 0 radical (unpaired) electrons. The highest BCUT2D eigenvalue weighted by Crippen LogP contribution is 2.33. The van der Waals surface area contributed by atoms with Crippen molar-refractivity contribution >= 4 is 11.8 Å². The number of nitrogens with zero attached hydrogens (tertiary/aromatic N) is 2. The molecule has 2 amide bonds. The van der Waals surface area contributed by atoms with Gasteiger partial charge in [-0.1, -0.05) is 26.8 Å². The Bertz CT molecular complexity index is 717. The molecule has 0 bridgehead atoms. The summed E-state index contributed by atoms with van der Waals surface area (Å²) in [7, 11) is 0. The zero-order chi connectivity index (χ0) is 19.8. The summed E-state index contributed by atoms with van der Waals surface area (Å²) in [5.74, 6) is -1.22. The average molecular weight is 378 g/mol. The molecule has 3 rings (SSSR count). The fraction of sp³-hybridized carbons (Fsp3) is 0.619. The third kappa shape index (κ3) is 4.66. The molecule has 1 aromatic carbocycles. The Balaban J connectivity index is 1.64. The first-order valence-corrected chi connectivity index (χ1v) is 9.70. The number of carbonyl (C=O) groups is 2. The lowest BCUT2D eigenvalue weighted by atomic mass is 9.90. The van der Waals surface area contributed by atoms with Gasteiger partial charge in [0.25, 0.3) is 0 Å². The number of likely N-dealkylation sites (tertiary alicyclic amines) is 1. The third-order valence-corrected chi connectivity index (χ3v) is 5.40. The highest BCUT2D eigenvalue weighted by atomic mass is 19.1. The van der Waals surface area contributed by atoms with Crippen LogP contribution in [-0.4, -0.2) is 40.7 Å². The van der Waals surface area contributed by atoms with Crippen molar-refractivity contribution in [2.45, 2.75) is 59.0 Å². The van der Waals surface area contributed by atoms with Crippen LogP contribution < -0.4 is 0 Å². The summed E-state index contributed by atoms with van der Waals surface area (Å²) in [6, 6.07) is 3.65. The molecule has 1 heterocycles. The van der Waals surface area contributed by atoms with Gasteiger partial charge in [0.15, 0.2) is 0 Å². The van der Waals surface area contributed by atoms with E-state index in [-0.39, 0.29) is 30.3 Å². The fourth-order valence-electron chi connectivity index (χ4n) is 3.64. The number of halogens is 2. The number of hydrogen-bond donors (Lipinski definition) is 0. The van der Waals surface area contributed by atoms with Gasteiger partial charge in [0.05, 0.1) is 0 Å². The van der Waals surface area contributed by atoms with Crippen LogP contribution >= 0.6 is 0 Å². The van der Waals surface area contributed by atoms with Crippen molar-refractivity contribution in [3.05, 3.63) is 35.4 Å². The van der Waals surface area contributed by atoms with Crippen LogP contribution in [0.1, 0.15) is 52.0 Å². The number of carbonyl (C=O) groups excluding carboxylic acids is 2. The maximum absolute atomic E-state index is 14.0. The number of piperidine rings is 1. The van der Waals surface area contributed by atoms with Crippen LogP contribution in [0.5, 0.6) is 0 Å². The van der Waals surface area contributed by atoms with Crippen LogP contribution in [0.3, 0.4) is 0 Å². The summed E-state index contributed by atoms with van der Waals surface area (Å²) >= 11 is 0. The second kappa shape index (κ2) is 7.56. The summed E-state index contributed by atoms with van der Waals surface area (Å²) in [6.07, 6.45) is 3.12. The SMILES string of the molecule is CC(C)(C)C(=O)N1CCC(C(=O)N(Cc2ccc(F)cc2F)C2CC2)CC1. The van der Waals surface area contributed by atoms with Crippen LogP contribution in [-0.2, 0) is 16.1 Å². The average Bonchev–Trinajstić information content (AvgIpc) is 3.44. The molecular weight excluding hydrogens is 350 g/mol. The van der Waals surface area contributed by atoms with Gasteiger partial charge in [0.2, 0.25) is 11.8 Å². The summed E-state index contributed by atoms with van der Waals surface area (Å²) in [4.78, 5) is 29.1. The van der Waals surface area contributed by atoms with E-state index in [0.29, 0.717) is 31.5 Å². The summed E-state index contributed by atoms with van der Waals surface area (Å²) in [5, 5.41) is 0. The molecule has 1 saturated carbocycles. The molecule has 0 unspecified atom stereocenters. The zero-order valence-electron chi connectivity index (χ0n) is 16.3. The standard InChI is InChI=1S/C21H28F2N2O2/c1-21(2,3)20(27)24-10-8-14(9-11-24)19(26)25(17-6-7-17)13-15-4-5-16(22)12-18(15)23/h4-5,12,14,17H,6-11,13H2,1-3H3. The molecule has 1 aromatic rings. The molecular formula is C21H28F2N2O2. The minimum absolute atomic E-state index is 0.0316. The molecule has 148 valence electrons. The first-order chi connectivity index (χ1) is 12.7. The largest absolute Gasteiger partial charge is 0.342 e. The van der Waals surface area contributed by atoms with Crippen molar-refractivity contribution in [1.82, 2.24) is 9.80 Å². The van der Waals surface area contributed by atoms with E-state index in [9.17, 15) is 18.4 Å². The van der Waals surface area contributed by atoms with Crippen LogP contribution in [0, 0.1) is 23.0 Å². The van der Waals surface area contributed by atoms with E-state index in [1.54, 1.807) is 4.90 Å². The molecule has 2 aliphatic rings. The highest BCUT2D eigenvalue weighted by Gasteiger charge is 2.38. The molecule has 4 nitrogen and oxygen atoms in total. The lowest BCUT2D eigenvalue weighted by Gasteiger charge is -2.37. The Morgan fingerprint density at radius 2 is 1.74 bits per heavy atom. The number of benzene rings is 1. The normalized spacial score (nSPS) is 18.5. The summed E-state index contributed by atoms with van der Waals surface area (Å²) in [5.41, 5.74) is -0.0752. The summed E-state index contributed by atoms with van der Waals surface area (Å²) in [6.45, 7) is 7.04. The molecule has 6 heteroatoms. The van der Waals surface area contributed by atoms with Crippen molar-refractivity contribution < 1.29 is 18.4 Å². The molecule has 1 aliphatic carbocycles. The van der Waals surface area contributed by atoms with E-state index >= 15 is 0 Å². The third-order valence-electron chi connectivity index (χ3n) is 5.40. The monoisotopic (exact) mass is 378 g/mol. The van der Waals surface area contributed by atoms with E-state index in [0.717, 1.165) is 18.9 Å². The van der Waals surface area contributed by atoms with Crippen molar-refractivity contribution in [2.75, 3.05) is 13.1 Å². The number of hydrogen-bond acceptors (Lipinski definition) is 2. The smallest absolute Gasteiger partial charge is 0.227 e. The van der Waals surface area contributed by atoms with Crippen LogP contribution in [0.15, 0.2) is 18.2 Å². The van der Waals surface area contributed by atoms with Crippen molar-refractivity contribution in [2.24, 2.45) is 11.3 Å². The van der Waals surface area contributed by atoms with E-state index in [1.165, 1.54) is 12.1 Å². The second-order valence-electron chi connectivity index (χ2n) is 8.75. The van der Waals surface area contributed by atoms with Gasteiger partial charge in [-0.05, 0) is 31.7 Å².